The number of aromatic nitrogens is 1. The SMILES string of the molecule is NC(=O)C1CCCCc2c1c1c(O)cccc1n2Cc1ccccc1. The molecule has 1 aromatic heterocycles. The first-order valence-electron chi connectivity index (χ1n) is 8.83. The number of fused-ring (bicyclic) bond motifs is 3. The maximum Gasteiger partial charge on any atom is 0.225 e. The predicted molar refractivity (Wildman–Crippen MR) is 98.6 cm³/mol. The number of nitrogens with zero attached hydrogens (tertiary/aromatic N) is 1. The van der Waals surface area contributed by atoms with Crippen molar-refractivity contribution in [1.29, 1.82) is 0 Å². The summed E-state index contributed by atoms with van der Waals surface area (Å²) in [5.74, 6) is -0.399. The van der Waals surface area contributed by atoms with Crippen LogP contribution in [-0.2, 0) is 17.8 Å². The molecule has 4 nitrogen and oxygen atoms in total. The van der Waals surface area contributed by atoms with Gasteiger partial charge in [-0.25, -0.2) is 0 Å². The molecule has 0 saturated carbocycles. The van der Waals surface area contributed by atoms with E-state index < -0.39 is 0 Å². The van der Waals surface area contributed by atoms with Crippen LogP contribution >= 0.6 is 0 Å². The van der Waals surface area contributed by atoms with Crippen LogP contribution in [0.5, 0.6) is 5.75 Å². The summed E-state index contributed by atoms with van der Waals surface area (Å²) < 4.78 is 2.25. The van der Waals surface area contributed by atoms with Gasteiger partial charge in [-0.2, -0.15) is 0 Å². The molecule has 0 radical (unpaired) electrons. The van der Waals surface area contributed by atoms with Gasteiger partial charge in [0.1, 0.15) is 5.75 Å². The summed E-state index contributed by atoms with van der Waals surface area (Å²) in [6, 6.07) is 15.8. The van der Waals surface area contributed by atoms with E-state index in [0.717, 1.165) is 54.4 Å². The van der Waals surface area contributed by atoms with E-state index in [9.17, 15) is 9.90 Å². The molecule has 0 saturated heterocycles. The molecule has 1 amide bonds. The van der Waals surface area contributed by atoms with Crippen molar-refractivity contribution in [2.45, 2.75) is 38.1 Å². The minimum atomic E-state index is -0.328. The number of hydrogen-bond donors (Lipinski definition) is 2. The number of phenols is 1. The third-order valence-corrected chi connectivity index (χ3v) is 5.25. The van der Waals surface area contributed by atoms with E-state index in [1.807, 2.05) is 30.3 Å². The number of carbonyl (C=O) groups excluding carboxylic acids is 1. The average Bonchev–Trinajstić information content (AvgIpc) is 2.78. The largest absolute Gasteiger partial charge is 0.507 e. The molecule has 0 spiro atoms. The number of primary amides is 1. The zero-order valence-electron chi connectivity index (χ0n) is 14.1. The maximum absolute atomic E-state index is 12.1. The molecule has 4 rings (SSSR count). The van der Waals surface area contributed by atoms with Crippen molar-refractivity contribution in [1.82, 2.24) is 4.57 Å². The summed E-state index contributed by atoms with van der Waals surface area (Å²) in [4.78, 5) is 12.1. The molecule has 1 aliphatic carbocycles. The lowest BCUT2D eigenvalue weighted by Crippen LogP contribution is -2.21. The van der Waals surface area contributed by atoms with Gasteiger partial charge >= 0.3 is 0 Å². The van der Waals surface area contributed by atoms with Gasteiger partial charge in [0.05, 0.1) is 11.4 Å². The highest BCUT2D eigenvalue weighted by molar-refractivity contribution is 5.96. The monoisotopic (exact) mass is 334 g/mol. The molecule has 1 heterocycles. The molecule has 2 aromatic carbocycles. The van der Waals surface area contributed by atoms with E-state index in [1.165, 1.54) is 5.56 Å². The quantitative estimate of drug-likeness (QED) is 0.717. The zero-order valence-corrected chi connectivity index (χ0v) is 14.1. The van der Waals surface area contributed by atoms with Gasteiger partial charge < -0.3 is 15.4 Å². The van der Waals surface area contributed by atoms with Gasteiger partial charge in [0.15, 0.2) is 0 Å². The fraction of sp³-hybridized carbons (Fsp3) is 0.286. The second kappa shape index (κ2) is 6.28. The number of aromatic hydroxyl groups is 1. The van der Waals surface area contributed by atoms with Crippen molar-refractivity contribution in [3.05, 3.63) is 65.4 Å². The van der Waals surface area contributed by atoms with E-state index in [0.29, 0.717) is 0 Å². The number of nitrogens with two attached hydrogens (primary N) is 1. The normalized spacial score (nSPS) is 17.2. The summed E-state index contributed by atoms with van der Waals surface area (Å²) in [6.45, 7) is 0.724. The van der Waals surface area contributed by atoms with Crippen LogP contribution in [0.4, 0.5) is 0 Å². The molecular weight excluding hydrogens is 312 g/mol. The zero-order chi connectivity index (χ0) is 17.4. The number of carbonyl (C=O) groups is 1. The lowest BCUT2D eigenvalue weighted by atomic mass is 9.92. The van der Waals surface area contributed by atoms with Gasteiger partial charge in [-0.05, 0) is 42.5 Å². The van der Waals surface area contributed by atoms with Crippen molar-refractivity contribution in [2.75, 3.05) is 0 Å². The molecule has 4 heteroatoms. The fourth-order valence-electron chi connectivity index (χ4n) is 4.13. The summed E-state index contributed by atoms with van der Waals surface area (Å²) >= 11 is 0. The Bertz CT molecular complexity index is 928. The first-order chi connectivity index (χ1) is 12.2. The van der Waals surface area contributed by atoms with Crippen molar-refractivity contribution in [2.24, 2.45) is 5.73 Å². The molecular formula is C21H22N2O2. The maximum atomic E-state index is 12.1. The Balaban J connectivity index is 1.98. The molecule has 3 N–H and O–H groups in total. The molecule has 1 unspecified atom stereocenters. The van der Waals surface area contributed by atoms with Crippen molar-refractivity contribution < 1.29 is 9.90 Å². The molecule has 0 aliphatic heterocycles. The third kappa shape index (κ3) is 2.68. The predicted octanol–water partition coefficient (Wildman–Crippen LogP) is 3.69. The van der Waals surface area contributed by atoms with E-state index in [-0.39, 0.29) is 17.6 Å². The number of rotatable bonds is 3. The Morgan fingerprint density at radius 1 is 1.12 bits per heavy atom. The highest BCUT2D eigenvalue weighted by Crippen LogP contribution is 2.42. The average molecular weight is 334 g/mol. The Hall–Kier alpha value is -2.75. The second-order valence-electron chi connectivity index (χ2n) is 6.80. The number of benzene rings is 2. The third-order valence-electron chi connectivity index (χ3n) is 5.25. The van der Waals surface area contributed by atoms with Crippen LogP contribution in [0.3, 0.4) is 0 Å². The molecule has 1 aliphatic rings. The van der Waals surface area contributed by atoms with Crippen molar-refractivity contribution >= 4 is 16.8 Å². The Morgan fingerprint density at radius 3 is 2.68 bits per heavy atom. The van der Waals surface area contributed by atoms with Crippen LogP contribution in [0, 0.1) is 0 Å². The number of hydrogen-bond acceptors (Lipinski definition) is 2. The van der Waals surface area contributed by atoms with Crippen molar-refractivity contribution in [3.63, 3.8) is 0 Å². The van der Waals surface area contributed by atoms with Gasteiger partial charge in [0, 0.05) is 17.6 Å². The topological polar surface area (TPSA) is 68.2 Å². The van der Waals surface area contributed by atoms with E-state index in [1.54, 1.807) is 6.07 Å². The van der Waals surface area contributed by atoms with Crippen LogP contribution in [0.15, 0.2) is 48.5 Å². The molecule has 25 heavy (non-hydrogen) atoms. The Morgan fingerprint density at radius 2 is 1.92 bits per heavy atom. The second-order valence-corrected chi connectivity index (χ2v) is 6.80. The minimum absolute atomic E-state index is 0.230. The van der Waals surface area contributed by atoms with Gasteiger partial charge in [-0.3, -0.25) is 4.79 Å². The highest BCUT2D eigenvalue weighted by Gasteiger charge is 2.30. The highest BCUT2D eigenvalue weighted by atomic mass is 16.3. The molecule has 0 fully saturated rings. The van der Waals surface area contributed by atoms with Crippen molar-refractivity contribution in [3.8, 4) is 5.75 Å². The number of amides is 1. The summed E-state index contributed by atoms with van der Waals surface area (Å²) in [6.07, 6.45) is 3.66. The molecule has 0 bridgehead atoms. The summed E-state index contributed by atoms with van der Waals surface area (Å²) in [5.41, 5.74) is 9.98. The van der Waals surface area contributed by atoms with Gasteiger partial charge in [-0.1, -0.05) is 42.8 Å². The van der Waals surface area contributed by atoms with Crippen LogP contribution in [-0.4, -0.2) is 15.6 Å². The molecule has 1 atom stereocenters. The first-order valence-corrected chi connectivity index (χ1v) is 8.83. The van der Waals surface area contributed by atoms with Gasteiger partial charge in [-0.15, -0.1) is 0 Å². The standard InChI is InChI=1S/C21H22N2O2/c22-21(25)15-9-4-5-10-16-19(15)20-17(11-6-12-18(20)24)23(16)13-14-7-2-1-3-8-14/h1-3,6-8,11-12,15,24H,4-5,9-10,13H2,(H2,22,25). The minimum Gasteiger partial charge on any atom is -0.507 e. The van der Waals surface area contributed by atoms with Crippen LogP contribution < -0.4 is 5.73 Å². The van der Waals surface area contributed by atoms with Crippen LogP contribution in [0.2, 0.25) is 0 Å². The fourth-order valence-corrected chi connectivity index (χ4v) is 4.13. The lowest BCUT2D eigenvalue weighted by Gasteiger charge is -2.13. The molecule has 3 aromatic rings. The summed E-state index contributed by atoms with van der Waals surface area (Å²) in [5, 5.41) is 11.3. The Labute approximate surface area is 146 Å². The van der Waals surface area contributed by atoms with Crippen LogP contribution in [0.25, 0.3) is 10.9 Å². The first kappa shape index (κ1) is 15.8. The Kier molecular flexibility index (Phi) is 3.96. The summed E-state index contributed by atoms with van der Waals surface area (Å²) in [7, 11) is 0. The van der Waals surface area contributed by atoms with E-state index in [4.69, 9.17) is 5.73 Å². The molecule has 128 valence electrons. The van der Waals surface area contributed by atoms with Gasteiger partial charge in [0.25, 0.3) is 0 Å². The van der Waals surface area contributed by atoms with E-state index >= 15 is 0 Å². The van der Waals surface area contributed by atoms with Crippen LogP contribution in [0.1, 0.15) is 42.0 Å². The van der Waals surface area contributed by atoms with E-state index in [2.05, 4.69) is 16.7 Å². The lowest BCUT2D eigenvalue weighted by molar-refractivity contribution is -0.119. The number of phenolic OH excluding ortho intramolecular Hbond substituents is 1. The van der Waals surface area contributed by atoms with Gasteiger partial charge in [0.2, 0.25) is 5.91 Å². The smallest absolute Gasteiger partial charge is 0.225 e.